The minimum absolute atomic E-state index is 0.100. The van der Waals surface area contributed by atoms with E-state index in [1.165, 1.54) is 19.3 Å². The van der Waals surface area contributed by atoms with Crippen LogP contribution in [0.1, 0.15) is 19.3 Å². The van der Waals surface area contributed by atoms with Gasteiger partial charge in [-0.3, -0.25) is 5.32 Å². The number of aliphatic hydroxyl groups is 1. The average molecular weight is 159 g/mol. The highest BCUT2D eigenvalue weighted by Crippen LogP contribution is 2.17. The van der Waals surface area contributed by atoms with Gasteiger partial charge in [0, 0.05) is 13.2 Å². The van der Waals surface area contributed by atoms with Gasteiger partial charge < -0.3 is 9.84 Å². The molecule has 0 aromatic heterocycles. The van der Waals surface area contributed by atoms with E-state index in [4.69, 9.17) is 9.84 Å². The Hall–Kier alpha value is -0.120. The molecule has 0 amide bonds. The topological polar surface area (TPSA) is 41.5 Å². The normalized spacial score (nSPS) is 20.5. The van der Waals surface area contributed by atoms with Crippen molar-refractivity contribution in [3.8, 4) is 0 Å². The predicted octanol–water partition coefficient (Wildman–Crippen LogP) is 0.342. The van der Waals surface area contributed by atoms with Crippen LogP contribution in [0.4, 0.5) is 0 Å². The maximum absolute atomic E-state index is 8.46. The summed E-state index contributed by atoms with van der Waals surface area (Å²) in [4.78, 5) is 0. The first kappa shape index (κ1) is 8.97. The maximum atomic E-state index is 8.46. The highest BCUT2D eigenvalue weighted by atomic mass is 16.5. The number of ether oxygens (including phenoxy) is 1. The lowest BCUT2D eigenvalue weighted by molar-refractivity contribution is 0.0634. The molecule has 0 radical (unpaired) electrons. The van der Waals surface area contributed by atoms with Crippen LogP contribution in [-0.2, 0) is 4.74 Å². The first-order chi connectivity index (χ1) is 5.43. The fourth-order valence-electron chi connectivity index (χ4n) is 1.42. The van der Waals surface area contributed by atoms with Crippen LogP contribution in [0, 0.1) is 5.92 Å². The van der Waals surface area contributed by atoms with Crippen LogP contribution >= 0.6 is 0 Å². The Balaban J connectivity index is 1.96. The number of rotatable bonds is 4. The largest absolute Gasteiger partial charge is 0.381 e. The van der Waals surface area contributed by atoms with Gasteiger partial charge in [0.05, 0.1) is 6.73 Å². The molecule has 3 nitrogen and oxygen atoms in total. The van der Waals surface area contributed by atoms with Crippen molar-refractivity contribution in [3.05, 3.63) is 0 Å². The van der Waals surface area contributed by atoms with Gasteiger partial charge >= 0.3 is 0 Å². The van der Waals surface area contributed by atoms with Gasteiger partial charge in [-0.05, 0) is 31.7 Å². The van der Waals surface area contributed by atoms with Gasteiger partial charge in [0.25, 0.3) is 0 Å². The van der Waals surface area contributed by atoms with Crippen molar-refractivity contribution < 1.29 is 9.84 Å². The maximum Gasteiger partial charge on any atom is 0.0931 e. The molecule has 0 aromatic carbocycles. The lowest BCUT2D eigenvalue weighted by atomic mass is 9.97. The quantitative estimate of drug-likeness (QED) is 0.459. The van der Waals surface area contributed by atoms with E-state index in [9.17, 15) is 0 Å². The van der Waals surface area contributed by atoms with Crippen molar-refractivity contribution in [2.45, 2.75) is 19.3 Å². The van der Waals surface area contributed by atoms with E-state index in [0.717, 1.165) is 25.7 Å². The van der Waals surface area contributed by atoms with E-state index >= 15 is 0 Å². The summed E-state index contributed by atoms with van der Waals surface area (Å²) in [6.07, 6.45) is 3.55. The van der Waals surface area contributed by atoms with Crippen LogP contribution in [0.2, 0.25) is 0 Å². The molecule has 1 fully saturated rings. The number of hydrogen-bond acceptors (Lipinski definition) is 3. The van der Waals surface area contributed by atoms with Crippen molar-refractivity contribution in [2.75, 3.05) is 26.5 Å². The highest BCUT2D eigenvalue weighted by Gasteiger charge is 2.12. The average Bonchev–Trinajstić information content (AvgIpc) is 2.07. The number of aliphatic hydroxyl groups excluding tert-OH is 1. The summed E-state index contributed by atoms with van der Waals surface area (Å²) in [5.74, 6) is 0.808. The van der Waals surface area contributed by atoms with Gasteiger partial charge in [-0.25, -0.2) is 0 Å². The molecule has 0 aliphatic carbocycles. The molecule has 0 spiro atoms. The molecule has 3 heteroatoms. The zero-order valence-electron chi connectivity index (χ0n) is 6.88. The number of nitrogens with one attached hydrogen (secondary N) is 1. The second-order valence-corrected chi connectivity index (χ2v) is 3.00. The smallest absolute Gasteiger partial charge is 0.0931 e. The first-order valence-corrected chi connectivity index (χ1v) is 4.33. The van der Waals surface area contributed by atoms with E-state index in [1.54, 1.807) is 0 Å². The molecule has 1 aliphatic heterocycles. The van der Waals surface area contributed by atoms with Crippen molar-refractivity contribution in [1.82, 2.24) is 5.32 Å². The molecule has 1 saturated heterocycles. The molecule has 0 unspecified atom stereocenters. The Bertz CT molecular complexity index is 92.1. The molecule has 1 aliphatic rings. The summed E-state index contributed by atoms with van der Waals surface area (Å²) in [7, 11) is 0. The standard InChI is InChI=1S/C8H17NO2/c10-7-9-4-1-8-2-5-11-6-3-8/h8-10H,1-7H2. The summed E-state index contributed by atoms with van der Waals surface area (Å²) >= 11 is 0. The molecule has 0 atom stereocenters. The third-order valence-electron chi connectivity index (χ3n) is 2.18. The Kier molecular flexibility index (Phi) is 4.50. The Morgan fingerprint density at radius 2 is 2.09 bits per heavy atom. The van der Waals surface area contributed by atoms with E-state index in [2.05, 4.69) is 5.32 Å². The third kappa shape index (κ3) is 3.70. The molecule has 0 bridgehead atoms. The van der Waals surface area contributed by atoms with Crippen LogP contribution in [0.25, 0.3) is 0 Å². The van der Waals surface area contributed by atoms with Gasteiger partial charge in [0.1, 0.15) is 0 Å². The van der Waals surface area contributed by atoms with Crippen LogP contribution in [0.3, 0.4) is 0 Å². The fourth-order valence-corrected chi connectivity index (χ4v) is 1.42. The molecule has 0 aromatic rings. The minimum Gasteiger partial charge on any atom is -0.381 e. The van der Waals surface area contributed by atoms with Gasteiger partial charge in [0.15, 0.2) is 0 Å². The van der Waals surface area contributed by atoms with Crippen molar-refractivity contribution in [3.63, 3.8) is 0 Å². The van der Waals surface area contributed by atoms with E-state index in [0.29, 0.717) is 0 Å². The molecule has 0 saturated carbocycles. The lowest BCUT2D eigenvalue weighted by Crippen LogP contribution is -2.22. The van der Waals surface area contributed by atoms with Crippen LogP contribution in [-0.4, -0.2) is 31.6 Å². The molecular weight excluding hydrogens is 142 g/mol. The van der Waals surface area contributed by atoms with Crippen LogP contribution < -0.4 is 5.32 Å². The zero-order valence-corrected chi connectivity index (χ0v) is 6.88. The summed E-state index contributed by atoms with van der Waals surface area (Å²) < 4.78 is 5.24. The third-order valence-corrected chi connectivity index (χ3v) is 2.18. The van der Waals surface area contributed by atoms with Crippen molar-refractivity contribution in [1.29, 1.82) is 0 Å². The Morgan fingerprint density at radius 3 is 2.73 bits per heavy atom. The molecule has 1 rings (SSSR count). The van der Waals surface area contributed by atoms with Crippen molar-refractivity contribution in [2.24, 2.45) is 5.92 Å². The van der Waals surface area contributed by atoms with Gasteiger partial charge in [0.2, 0.25) is 0 Å². The second-order valence-electron chi connectivity index (χ2n) is 3.00. The monoisotopic (exact) mass is 159 g/mol. The molecular formula is C8H17NO2. The van der Waals surface area contributed by atoms with E-state index in [-0.39, 0.29) is 6.73 Å². The molecule has 2 N–H and O–H groups in total. The van der Waals surface area contributed by atoms with Gasteiger partial charge in [-0.1, -0.05) is 0 Å². The molecule has 1 heterocycles. The van der Waals surface area contributed by atoms with Gasteiger partial charge in [-0.15, -0.1) is 0 Å². The van der Waals surface area contributed by atoms with E-state index < -0.39 is 0 Å². The first-order valence-electron chi connectivity index (χ1n) is 4.33. The second kappa shape index (κ2) is 5.52. The predicted molar refractivity (Wildman–Crippen MR) is 43.2 cm³/mol. The summed E-state index contributed by atoms with van der Waals surface area (Å²) in [6.45, 7) is 2.87. The summed E-state index contributed by atoms with van der Waals surface area (Å²) in [5, 5.41) is 11.4. The molecule has 66 valence electrons. The SMILES string of the molecule is OCNCCC1CCOCC1. The van der Waals surface area contributed by atoms with Crippen molar-refractivity contribution >= 4 is 0 Å². The summed E-state index contributed by atoms with van der Waals surface area (Å²) in [6, 6.07) is 0. The number of hydrogen-bond donors (Lipinski definition) is 2. The zero-order chi connectivity index (χ0) is 7.94. The van der Waals surface area contributed by atoms with Gasteiger partial charge in [-0.2, -0.15) is 0 Å². The minimum atomic E-state index is 0.100. The van der Waals surface area contributed by atoms with Crippen LogP contribution in [0.15, 0.2) is 0 Å². The lowest BCUT2D eigenvalue weighted by Gasteiger charge is -2.21. The van der Waals surface area contributed by atoms with E-state index in [1.807, 2.05) is 0 Å². The fraction of sp³-hybridized carbons (Fsp3) is 1.00. The molecule has 11 heavy (non-hydrogen) atoms. The Morgan fingerprint density at radius 1 is 1.36 bits per heavy atom. The summed E-state index contributed by atoms with van der Waals surface area (Å²) in [5.41, 5.74) is 0. The highest BCUT2D eigenvalue weighted by molar-refractivity contribution is 4.63. The Labute approximate surface area is 67.7 Å². The van der Waals surface area contributed by atoms with Crippen LogP contribution in [0.5, 0.6) is 0 Å².